The van der Waals surface area contributed by atoms with Gasteiger partial charge in [0.25, 0.3) is 5.91 Å². The lowest BCUT2D eigenvalue weighted by molar-refractivity contribution is 0.0940. The summed E-state index contributed by atoms with van der Waals surface area (Å²) in [6, 6.07) is 4.31. The number of hydrogen-bond donors (Lipinski definition) is 2. The summed E-state index contributed by atoms with van der Waals surface area (Å²) in [5.41, 5.74) is 0.754. The van der Waals surface area contributed by atoms with E-state index in [0.29, 0.717) is 12.6 Å². The Labute approximate surface area is 102 Å². The molecule has 1 heterocycles. The van der Waals surface area contributed by atoms with Crippen LogP contribution in [0, 0.1) is 0 Å². The number of carbonyl (C=O) groups excluding carboxylic acids is 1. The number of hydrogen-bond acceptors (Lipinski definition) is 2. The molecule has 0 aromatic carbocycles. The minimum absolute atomic E-state index is 0.00695. The molecule has 2 N–H and O–H groups in total. The molecule has 1 atom stereocenters. The summed E-state index contributed by atoms with van der Waals surface area (Å²) >= 11 is 0. The zero-order chi connectivity index (χ0) is 12.3. The molecule has 1 saturated carbocycles. The Morgan fingerprint density at radius 3 is 3.06 bits per heavy atom. The lowest BCUT2D eigenvalue weighted by Crippen LogP contribution is -2.27. The number of aromatic nitrogens is 1. The topological polar surface area (TPSA) is 54.3 Å². The number of amides is 1. The maximum atomic E-state index is 11.9. The van der Waals surface area contributed by atoms with E-state index >= 15 is 0 Å². The summed E-state index contributed by atoms with van der Waals surface area (Å²) in [5, 5.41) is 12.0. The Hall–Kier alpha value is -1.29. The van der Waals surface area contributed by atoms with Gasteiger partial charge < -0.3 is 15.0 Å². The average molecular weight is 236 g/mol. The first-order chi connectivity index (χ1) is 8.18. The Morgan fingerprint density at radius 1 is 1.65 bits per heavy atom. The standard InChI is InChI=1S/C13H20N2O2/c1-10(16)4-2-8-14-13(17)12-5-3-9-15(12)11-6-7-11/h3,5,9-11,16H,2,4,6-8H2,1H3,(H,14,17). The van der Waals surface area contributed by atoms with Crippen LogP contribution in [0.1, 0.15) is 49.1 Å². The molecule has 94 valence electrons. The third-order valence-electron chi connectivity index (χ3n) is 3.04. The quantitative estimate of drug-likeness (QED) is 0.739. The van der Waals surface area contributed by atoms with Crippen LogP contribution in [-0.4, -0.2) is 28.2 Å². The third kappa shape index (κ3) is 3.33. The molecule has 1 fully saturated rings. The van der Waals surface area contributed by atoms with Crippen LogP contribution in [0.15, 0.2) is 18.3 Å². The molecular formula is C13H20N2O2. The van der Waals surface area contributed by atoms with Gasteiger partial charge in [-0.05, 0) is 44.7 Å². The Morgan fingerprint density at radius 2 is 2.41 bits per heavy atom. The second-order valence-electron chi connectivity index (χ2n) is 4.78. The van der Waals surface area contributed by atoms with Gasteiger partial charge in [-0.25, -0.2) is 0 Å². The van der Waals surface area contributed by atoms with Crippen LogP contribution in [0.5, 0.6) is 0 Å². The maximum absolute atomic E-state index is 11.9. The minimum atomic E-state index is -0.290. The summed E-state index contributed by atoms with van der Waals surface area (Å²) in [5.74, 6) is -0.00695. The average Bonchev–Trinajstić information content (AvgIpc) is 3.02. The van der Waals surface area contributed by atoms with E-state index in [1.54, 1.807) is 6.92 Å². The molecule has 1 aliphatic carbocycles. The highest BCUT2D eigenvalue weighted by atomic mass is 16.3. The van der Waals surface area contributed by atoms with Crippen LogP contribution in [0.4, 0.5) is 0 Å². The van der Waals surface area contributed by atoms with E-state index in [1.807, 2.05) is 18.3 Å². The minimum Gasteiger partial charge on any atom is -0.393 e. The van der Waals surface area contributed by atoms with Crippen molar-refractivity contribution < 1.29 is 9.90 Å². The molecule has 1 amide bonds. The van der Waals surface area contributed by atoms with Gasteiger partial charge in [0.1, 0.15) is 5.69 Å². The highest BCUT2D eigenvalue weighted by molar-refractivity contribution is 5.92. The van der Waals surface area contributed by atoms with Crippen LogP contribution >= 0.6 is 0 Å². The Kier molecular flexibility index (Phi) is 3.84. The van der Waals surface area contributed by atoms with E-state index < -0.39 is 0 Å². The molecule has 0 spiro atoms. The predicted octanol–water partition coefficient (Wildman–Crippen LogP) is 1.71. The lowest BCUT2D eigenvalue weighted by atomic mass is 10.2. The molecular weight excluding hydrogens is 216 g/mol. The first kappa shape index (κ1) is 12.2. The van der Waals surface area contributed by atoms with E-state index in [-0.39, 0.29) is 12.0 Å². The van der Waals surface area contributed by atoms with Crippen LogP contribution < -0.4 is 5.32 Å². The van der Waals surface area contributed by atoms with Crippen molar-refractivity contribution in [2.45, 2.75) is 44.8 Å². The molecule has 1 aromatic heterocycles. The van der Waals surface area contributed by atoms with Gasteiger partial charge in [0.05, 0.1) is 6.10 Å². The number of carbonyl (C=O) groups is 1. The molecule has 1 aromatic rings. The predicted molar refractivity (Wildman–Crippen MR) is 66.0 cm³/mol. The second kappa shape index (κ2) is 5.36. The van der Waals surface area contributed by atoms with E-state index in [4.69, 9.17) is 5.11 Å². The fourth-order valence-electron chi connectivity index (χ4n) is 1.95. The van der Waals surface area contributed by atoms with E-state index in [0.717, 1.165) is 18.5 Å². The number of nitrogens with zero attached hydrogens (tertiary/aromatic N) is 1. The summed E-state index contributed by atoms with van der Waals surface area (Å²) in [6.07, 6.45) is 5.58. The molecule has 17 heavy (non-hydrogen) atoms. The third-order valence-corrected chi connectivity index (χ3v) is 3.04. The fraction of sp³-hybridized carbons (Fsp3) is 0.615. The van der Waals surface area contributed by atoms with Crippen molar-refractivity contribution in [3.8, 4) is 0 Å². The fourth-order valence-corrected chi connectivity index (χ4v) is 1.95. The van der Waals surface area contributed by atoms with Crippen molar-refractivity contribution >= 4 is 5.91 Å². The molecule has 4 heteroatoms. The van der Waals surface area contributed by atoms with Crippen molar-refractivity contribution in [3.05, 3.63) is 24.0 Å². The van der Waals surface area contributed by atoms with Gasteiger partial charge in [0.2, 0.25) is 0 Å². The Balaban J connectivity index is 1.80. The first-order valence-corrected chi connectivity index (χ1v) is 6.31. The molecule has 2 rings (SSSR count). The van der Waals surface area contributed by atoms with Crippen molar-refractivity contribution in [2.75, 3.05) is 6.54 Å². The van der Waals surface area contributed by atoms with Crippen molar-refractivity contribution in [1.29, 1.82) is 0 Å². The number of rotatable bonds is 6. The molecule has 0 radical (unpaired) electrons. The molecule has 0 bridgehead atoms. The second-order valence-corrected chi connectivity index (χ2v) is 4.78. The highest BCUT2D eigenvalue weighted by Gasteiger charge is 2.26. The van der Waals surface area contributed by atoms with Gasteiger partial charge in [-0.3, -0.25) is 4.79 Å². The lowest BCUT2D eigenvalue weighted by Gasteiger charge is -2.09. The van der Waals surface area contributed by atoms with Crippen LogP contribution in [0.3, 0.4) is 0 Å². The van der Waals surface area contributed by atoms with Crippen molar-refractivity contribution in [3.63, 3.8) is 0 Å². The number of aliphatic hydroxyl groups excluding tert-OH is 1. The van der Waals surface area contributed by atoms with Crippen molar-refractivity contribution in [1.82, 2.24) is 9.88 Å². The van der Waals surface area contributed by atoms with Crippen LogP contribution in [0.25, 0.3) is 0 Å². The van der Waals surface area contributed by atoms with Gasteiger partial charge in [-0.2, -0.15) is 0 Å². The molecule has 1 unspecified atom stereocenters. The normalized spacial score (nSPS) is 16.8. The SMILES string of the molecule is CC(O)CCCNC(=O)c1cccn1C1CC1. The maximum Gasteiger partial charge on any atom is 0.267 e. The van der Waals surface area contributed by atoms with Crippen molar-refractivity contribution in [2.24, 2.45) is 0 Å². The molecule has 0 saturated heterocycles. The largest absolute Gasteiger partial charge is 0.393 e. The summed E-state index contributed by atoms with van der Waals surface area (Å²) in [7, 11) is 0. The van der Waals surface area contributed by atoms with Crippen LogP contribution in [0.2, 0.25) is 0 Å². The Bertz CT molecular complexity index is 381. The molecule has 0 aliphatic heterocycles. The molecule has 4 nitrogen and oxygen atoms in total. The van der Waals surface area contributed by atoms with Gasteiger partial charge in [-0.1, -0.05) is 0 Å². The van der Waals surface area contributed by atoms with E-state index in [9.17, 15) is 4.79 Å². The monoisotopic (exact) mass is 236 g/mol. The smallest absolute Gasteiger partial charge is 0.267 e. The van der Waals surface area contributed by atoms with Crippen LogP contribution in [-0.2, 0) is 0 Å². The summed E-state index contributed by atoms with van der Waals surface area (Å²) < 4.78 is 2.06. The van der Waals surface area contributed by atoms with E-state index in [1.165, 1.54) is 12.8 Å². The summed E-state index contributed by atoms with van der Waals surface area (Å²) in [6.45, 7) is 2.39. The van der Waals surface area contributed by atoms with Gasteiger partial charge in [0.15, 0.2) is 0 Å². The molecule has 1 aliphatic rings. The highest BCUT2D eigenvalue weighted by Crippen LogP contribution is 2.35. The number of aliphatic hydroxyl groups is 1. The first-order valence-electron chi connectivity index (χ1n) is 6.31. The van der Waals surface area contributed by atoms with Gasteiger partial charge in [-0.15, -0.1) is 0 Å². The number of nitrogens with one attached hydrogen (secondary N) is 1. The van der Waals surface area contributed by atoms with Gasteiger partial charge >= 0.3 is 0 Å². The van der Waals surface area contributed by atoms with E-state index in [2.05, 4.69) is 9.88 Å². The zero-order valence-corrected chi connectivity index (χ0v) is 10.2. The zero-order valence-electron chi connectivity index (χ0n) is 10.2. The van der Waals surface area contributed by atoms with Gasteiger partial charge in [0, 0.05) is 18.8 Å². The summed E-state index contributed by atoms with van der Waals surface area (Å²) in [4.78, 5) is 11.9.